The van der Waals surface area contributed by atoms with Gasteiger partial charge in [0.2, 0.25) is 17.7 Å². The van der Waals surface area contributed by atoms with Crippen molar-refractivity contribution in [2.45, 2.75) is 56.7 Å². The number of nitrogens with one attached hydrogen (secondary N) is 4. The SMILES string of the molecule is CN(CCOCCOCCNc1cccc2c1C(=O)N(C1CCC(=O)NC1=O)C2=O)C(=O)[C@H]1C[C@H](NC(=O)c2cnc(-n3ncc4cc(C#N)cnc43)cc2NC2CC2)C1. The van der Waals surface area contributed by atoms with E-state index in [0.717, 1.165) is 17.7 Å². The van der Waals surface area contributed by atoms with Gasteiger partial charge in [0.05, 0.1) is 60.6 Å². The number of hydrogen-bond donors (Lipinski definition) is 4. The summed E-state index contributed by atoms with van der Waals surface area (Å²) in [7, 11) is 1.73. The number of pyridine rings is 2. The maximum atomic E-state index is 13.4. The number of hydrogen-bond acceptors (Lipinski definition) is 14. The fraction of sp³-hybridized carbons (Fsp3) is 0.415. The summed E-state index contributed by atoms with van der Waals surface area (Å²) in [6.07, 6.45) is 7.81. The Morgan fingerprint density at radius 3 is 2.52 bits per heavy atom. The third kappa shape index (κ3) is 8.37. The van der Waals surface area contributed by atoms with Crippen LogP contribution in [-0.4, -0.2) is 130 Å². The number of aromatic nitrogens is 4. The first kappa shape index (κ1) is 40.0. The molecular weight excluding hydrogens is 775 g/mol. The second kappa shape index (κ2) is 17.2. The van der Waals surface area contributed by atoms with Gasteiger partial charge >= 0.3 is 0 Å². The third-order valence-corrected chi connectivity index (χ3v) is 11.0. The van der Waals surface area contributed by atoms with Gasteiger partial charge in [0.15, 0.2) is 11.5 Å². The molecule has 1 atom stereocenters. The molecule has 2 saturated carbocycles. The highest BCUT2D eigenvalue weighted by Crippen LogP contribution is 2.33. The molecular formula is C41H43N11O8. The van der Waals surface area contributed by atoms with E-state index in [1.807, 2.05) is 0 Å². The van der Waals surface area contributed by atoms with Crippen LogP contribution >= 0.6 is 0 Å². The Morgan fingerprint density at radius 2 is 1.75 bits per heavy atom. The highest BCUT2D eigenvalue weighted by atomic mass is 16.5. The van der Waals surface area contributed by atoms with Crippen LogP contribution in [0.25, 0.3) is 16.9 Å². The van der Waals surface area contributed by atoms with Crippen molar-refractivity contribution in [1.29, 1.82) is 5.26 Å². The van der Waals surface area contributed by atoms with E-state index in [0.29, 0.717) is 85.1 Å². The van der Waals surface area contributed by atoms with E-state index < -0.39 is 29.7 Å². The molecule has 1 unspecified atom stereocenters. The highest BCUT2D eigenvalue weighted by Gasteiger charge is 2.45. The second-order valence-corrected chi connectivity index (χ2v) is 15.2. The van der Waals surface area contributed by atoms with Crippen LogP contribution in [0.1, 0.15) is 75.2 Å². The minimum atomic E-state index is -1.04. The van der Waals surface area contributed by atoms with Crippen LogP contribution in [0.3, 0.4) is 0 Å². The van der Waals surface area contributed by atoms with Crippen molar-refractivity contribution < 1.29 is 38.2 Å². The van der Waals surface area contributed by atoms with E-state index >= 15 is 0 Å². The van der Waals surface area contributed by atoms with Gasteiger partial charge < -0.3 is 30.3 Å². The van der Waals surface area contributed by atoms with Crippen LogP contribution < -0.4 is 21.3 Å². The summed E-state index contributed by atoms with van der Waals surface area (Å²) < 4.78 is 12.9. The Morgan fingerprint density at radius 1 is 0.950 bits per heavy atom. The number of carbonyl (C=O) groups is 6. The van der Waals surface area contributed by atoms with Crippen LogP contribution in [0, 0.1) is 17.2 Å². The first-order valence-corrected chi connectivity index (χ1v) is 19.9. The zero-order valence-corrected chi connectivity index (χ0v) is 32.8. The van der Waals surface area contributed by atoms with Crippen LogP contribution in [0.4, 0.5) is 11.4 Å². The average molecular weight is 818 g/mol. The predicted octanol–water partition coefficient (Wildman–Crippen LogP) is 1.77. The van der Waals surface area contributed by atoms with Gasteiger partial charge in [0.25, 0.3) is 17.7 Å². The zero-order chi connectivity index (χ0) is 41.9. The number of likely N-dealkylation sites (N-methyl/N-ethyl adjacent to an activating group) is 1. The summed E-state index contributed by atoms with van der Waals surface area (Å²) in [5.41, 5.74) is 2.84. The van der Waals surface area contributed by atoms with Gasteiger partial charge in [0, 0.05) is 74.1 Å². The zero-order valence-electron chi connectivity index (χ0n) is 32.8. The summed E-state index contributed by atoms with van der Waals surface area (Å²) in [6.45, 7) is 1.94. The molecule has 4 aromatic rings. The van der Waals surface area contributed by atoms with Gasteiger partial charge in [-0.25, -0.2) is 9.97 Å². The summed E-state index contributed by atoms with van der Waals surface area (Å²) >= 11 is 0. The third-order valence-electron chi connectivity index (χ3n) is 11.0. The van der Waals surface area contributed by atoms with E-state index in [2.05, 4.69) is 42.4 Å². The maximum absolute atomic E-state index is 13.4. The summed E-state index contributed by atoms with van der Waals surface area (Å²) in [6, 6.07) is 9.51. The number of ether oxygens (including phenoxy) is 2. The quantitative estimate of drug-likeness (QED) is 0.0878. The number of amides is 6. The molecule has 60 heavy (non-hydrogen) atoms. The molecule has 5 heterocycles. The standard InChI is InChI=1S/C41H43N11O8/c1-50(10-12-60-14-13-59-11-9-43-30-4-2-3-28-35(30)41(58)51(40(28)57)32-7-8-34(53)49-38(32)55)39(56)24-16-27(17-24)48-37(54)29-22-44-33(18-31(29)47-26-5-6-26)52-36-25(21-46-52)15-23(19-42)20-45-36/h2-4,15,18,20-22,24,26-27,32,43H,5-14,16-17H2,1H3,(H,44,47)(H,48,54)(H,49,53,55)/t24-,27-,32?. The number of carbonyl (C=O) groups excluding carboxylic acids is 6. The van der Waals surface area contributed by atoms with Crippen molar-refractivity contribution in [2.75, 3.05) is 57.2 Å². The summed E-state index contributed by atoms with van der Waals surface area (Å²) in [5, 5.41) is 26.1. The Kier molecular flexibility index (Phi) is 11.5. The molecule has 1 saturated heterocycles. The van der Waals surface area contributed by atoms with E-state index in [1.165, 1.54) is 18.5 Å². The summed E-state index contributed by atoms with van der Waals surface area (Å²) in [5.74, 6) is -2.25. The number of benzene rings is 1. The molecule has 2 aliphatic carbocycles. The first-order valence-electron chi connectivity index (χ1n) is 19.9. The van der Waals surface area contributed by atoms with E-state index in [9.17, 15) is 34.0 Å². The largest absolute Gasteiger partial charge is 0.382 e. The van der Waals surface area contributed by atoms with Crippen molar-refractivity contribution in [2.24, 2.45) is 5.92 Å². The Balaban J connectivity index is 0.727. The molecule has 0 radical (unpaired) electrons. The number of anilines is 2. The van der Waals surface area contributed by atoms with E-state index in [-0.39, 0.29) is 60.4 Å². The molecule has 8 rings (SSSR count). The fourth-order valence-electron chi connectivity index (χ4n) is 7.52. The molecule has 6 amide bonds. The lowest BCUT2D eigenvalue weighted by molar-refractivity contribution is -0.138. The van der Waals surface area contributed by atoms with Crippen molar-refractivity contribution in [1.82, 2.24) is 40.2 Å². The van der Waals surface area contributed by atoms with Crippen molar-refractivity contribution in [3.8, 4) is 11.9 Å². The van der Waals surface area contributed by atoms with Crippen molar-refractivity contribution in [3.05, 3.63) is 71.2 Å². The van der Waals surface area contributed by atoms with E-state index in [4.69, 9.17) is 9.47 Å². The number of fused-ring (bicyclic) bond motifs is 2. The molecule has 4 aliphatic rings. The minimum Gasteiger partial charge on any atom is -0.382 e. The normalized spacial score (nSPS) is 19.7. The molecule has 3 aromatic heterocycles. The number of imide groups is 2. The lowest BCUT2D eigenvalue weighted by atomic mass is 9.79. The Labute approximate surface area is 343 Å². The molecule has 0 spiro atoms. The van der Waals surface area contributed by atoms with Gasteiger partial charge in [-0.3, -0.25) is 39.0 Å². The van der Waals surface area contributed by atoms with Gasteiger partial charge in [-0.05, 0) is 50.3 Å². The van der Waals surface area contributed by atoms with Crippen molar-refractivity contribution >= 4 is 57.9 Å². The van der Waals surface area contributed by atoms with Gasteiger partial charge in [-0.15, -0.1) is 0 Å². The van der Waals surface area contributed by atoms with E-state index in [1.54, 1.807) is 47.1 Å². The molecule has 310 valence electrons. The molecule has 0 bridgehead atoms. The molecule has 4 N–H and O–H groups in total. The Hall–Kier alpha value is -6.78. The lowest BCUT2D eigenvalue weighted by Crippen LogP contribution is -2.54. The first-order chi connectivity index (χ1) is 29.1. The molecule has 1 aromatic carbocycles. The van der Waals surface area contributed by atoms with Crippen LogP contribution in [-0.2, 0) is 23.9 Å². The fourth-order valence-corrected chi connectivity index (χ4v) is 7.52. The van der Waals surface area contributed by atoms with Gasteiger partial charge in [-0.1, -0.05) is 6.07 Å². The topological polar surface area (TPSA) is 243 Å². The van der Waals surface area contributed by atoms with Crippen LogP contribution in [0.2, 0.25) is 0 Å². The molecule has 19 heteroatoms. The van der Waals surface area contributed by atoms with Crippen LogP contribution in [0.15, 0.2) is 48.9 Å². The second-order valence-electron chi connectivity index (χ2n) is 15.2. The number of nitriles is 1. The highest BCUT2D eigenvalue weighted by molar-refractivity contribution is 6.25. The predicted molar refractivity (Wildman–Crippen MR) is 213 cm³/mol. The average Bonchev–Trinajstić information content (AvgIpc) is 3.89. The van der Waals surface area contributed by atoms with Crippen LogP contribution in [0.5, 0.6) is 0 Å². The molecule has 2 aliphatic heterocycles. The summed E-state index contributed by atoms with van der Waals surface area (Å²) in [4.78, 5) is 88.2. The van der Waals surface area contributed by atoms with Crippen molar-refractivity contribution in [3.63, 3.8) is 0 Å². The van der Waals surface area contributed by atoms with Gasteiger partial charge in [0.1, 0.15) is 12.1 Å². The van der Waals surface area contributed by atoms with Gasteiger partial charge in [-0.2, -0.15) is 15.0 Å². The smallest absolute Gasteiger partial charge is 0.264 e. The maximum Gasteiger partial charge on any atom is 0.264 e. The number of rotatable bonds is 17. The minimum absolute atomic E-state index is 0.0108. The molecule has 3 fully saturated rings. The number of piperidine rings is 1. The lowest BCUT2D eigenvalue weighted by Gasteiger charge is -2.37. The molecule has 19 nitrogen and oxygen atoms in total. The monoisotopic (exact) mass is 817 g/mol. The number of nitrogens with zero attached hydrogens (tertiary/aromatic N) is 7. The Bertz CT molecular complexity index is 2420.